The molecule has 9 rings (SSSR count). The van der Waals surface area contributed by atoms with Gasteiger partial charge in [0.1, 0.15) is 0 Å². The lowest BCUT2D eigenvalue weighted by atomic mass is 10.1. The van der Waals surface area contributed by atoms with Crippen molar-refractivity contribution in [3.63, 3.8) is 0 Å². The molecule has 0 saturated carbocycles. The number of benzene rings is 2. The fourth-order valence-electron chi connectivity index (χ4n) is 5.94. The Balaban J connectivity index is 1.11. The van der Waals surface area contributed by atoms with Crippen molar-refractivity contribution in [1.29, 1.82) is 0 Å². The maximum Gasteiger partial charge on any atom is 0.227 e. The minimum atomic E-state index is -2.32. The number of pyridine rings is 4. The monoisotopic (exact) mass is 618 g/mol. The highest BCUT2D eigenvalue weighted by Gasteiger charge is 2.18. The standard InChI is InChI=1S/C38H25N5O2S/c1-22-11-13-28-30-18-32(39-20-34(30)44-37(28)41-22)24-6-3-8-26(16-24)43(36-10-5-15-46-36)27-9-4-7-25(17-27)33-19-31-29-14-12-23(2)42-38(29)45-35(31)21-40-33/h3-21H,1-2H3/i1D3. The molecule has 2 aromatic carbocycles. The average Bonchev–Trinajstić information content (AvgIpc) is 3.85. The van der Waals surface area contributed by atoms with Crippen LogP contribution in [0.15, 0.2) is 124 Å². The van der Waals surface area contributed by atoms with Gasteiger partial charge in [-0.25, -0.2) is 9.97 Å². The number of fused-ring (bicyclic) bond motifs is 6. The van der Waals surface area contributed by atoms with Crippen LogP contribution in [0.3, 0.4) is 0 Å². The molecule has 0 N–H and O–H groups in total. The highest BCUT2D eigenvalue weighted by Crippen LogP contribution is 2.41. The predicted molar refractivity (Wildman–Crippen MR) is 185 cm³/mol. The van der Waals surface area contributed by atoms with E-state index in [1.165, 1.54) is 6.07 Å². The third kappa shape index (κ3) is 4.42. The molecule has 7 nitrogen and oxygen atoms in total. The van der Waals surface area contributed by atoms with Crippen LogP contribution in [0.25, 0.3) is 66.7 Å². The number of furan rings is 2. The fraction of sp³-hybridized carbons (Fsp3) is 0.0526. The summed E-state index contributed by atoms with van der Waals surface area (Å²) in [6, 6.07) is 32.1. The van der Waals surface area contributed by atoms with Gasteiger partial charge in [-0.1, -0.05) is 24.3 Å². The number of anilines is 3. The smallest absolute Gasteiger partial charge is 0.227 e. The van der Waals surface area contributed by atoms with E-state index in [0.29, 0.717) is 16.9 Å². The Morgan fingerprint density at radius 2 is 1.22 bits per heavy atom. The highest BCUT2D eigenvalue weighted by molar-refractivity contribution is 7.14. The first kappa shape index (κ1) is 23.5. The zero-order valence-corrected chi connectivity index (χ0v) is 25.2. The van der Waals surface area contributed by atoms with Crippen molar-refractivity contribution < 1.29 is 12.9 Å². The summed E-state index contributed by atoms with van der Waals surface area (Å²) in [5.41, 5.74) is 8.47. The molecule has 0 aliphatic carbocycles. The molecule has 0 amide bonds. The molecular weight excluding hydrogens is 591 g/mol. The van der Waals surface area contributed by atoms with Crippen molar-refractivity contribution >= 4 is 71.9 Å². The van der Waals surface area contributed by atoms with Crippen LogP contribution in [0.2, 0.25) is 0 Å². The average molecular weight is 619 g/mol. The first-order valence-corrected chi connectivity index (χ1v) is 15.6. The molecule has 0 bridgehead atoms. The summed E-state index contributed by atoms with van der Waals surface area (Å²) in [4.78, 5) is 20.5. The fourth-order valence-corrected chi connectivity index (χ4v) is 6.71. The largest absolute Gasteiger partial charge is 0.436 e. The van der Waals surface area contributed by atoms with E-state index >= 15 is 0 Å². The molecule has 0 fully saturated rings. The molecule has 220 valence electrons. The quantitative estimate of drug-likeness (QED) is 0.190. The van der Waals surface area contributed by atoms with Crippen LogP contribution in [0.5, 0.6) is 0 Å². The van der Waals surface area contributed by atoms with Gasteiger partial charge in [-0.2, -0.15) is 0 Å². The van der Waals surface area contributed by atoms with E-state index in [4.69, 9.17) is 22.9 Å². The summed E-state index contributed by atoms with van der Waals surface area (Å²) in [5.74, 6) is 0. The van der Waals surface area contributed by atoms with Crippen LogP contribution in [0, 0.1) is 13.8 Å². The molecule has 0 spiro atoms. The molecule has 0 radical (unpaired) electrons. The number of thiophene rings is 1. The first-order valence-electron chi connectivity index (χ1n) is 16.2. The molecule has 0 unspecified atom stereocenters. The highest BCUT2D eigenvalue weighted by atomic mass is 32.1. The molecule has 0 aliphatic rings. The molecule has 0 saturated heterocycles. The molecule has 0 aliphatic heterocycles. The van der Waals surface area contributed by atoms with Crippen molar-refractivity contribution in [2.24, 2.45) is 0 Å². The van der Waals surface area contributed by atoms with Crippen molar-refractivity contribution in [3.05, 3.63) is 126 Å². The summed E-state index contributed by atoms with van der Waals surface area (Å²) in [6.07, 6.45) is 3.43. The Morgan fingerprint density at radius 3 is 1.78 bits per heavy atom. The van der Waals surface area contributed by atoms with Gasteiger partial charge in [-0.15, -0.1) is 11.3 Å². The number of hydrogen-bond acceptors (Lipinski definition) is 8. The SMILES string of the molecule is [2H]C([2H])([2H])c1ccc2c(n1)oc1cnc(-c3cccc(N(c4cccc(-c5cc6c(cn5)oc5nc(C)ccc56)c4)c4cccs4)c3)cc12. The molecule has 8 heteroatoms. The van der Waals surface area contributed by atoms with Crippen LogP contribution in [-0.4, -0.2) is 19.9 Å². The second kappa shape index (κ2) is 10.4. The zero-order valence-electron chi connectivity index (χ0n) is 27.4. The minimum absolute atomic E-state index is 0.00338. The van der Waals surface area contributed by atoms with Gasteiger partial charge in [0.05, 0.1) is 28.8 Å². The Bertz CT molecular complexity index is 2700. The second-order valence-corrected chi connectivity index (χ2v) is 12.0. The van der Waals surface area contributed by atoms with E-state index < -0.39 is 6.85 Å². The molecule has 7 aromatic heterocycles. The lowest BCUT2D eigenvalue weighted by Crippen LogP contribution is -2.08. The van der Waals surface area contributed by atoms with Crippen LogP contribution in [-0.2, 0) is 0 Å². The molecule has 46 heavy (non-hydrogen) atoms. The van der Waals surface area contributed by atoms with Crippen molar-refractivity contribution in [2.75, 3.05) is 4.90 Å². The number of nitrogens with zero attached hydrogens (tertiary/aromatic N) is 5. The van der Waals surface area contributed by atoms with Crippen molar-refractivity contribution in [2.45, 2.75) is 13.8 Å². The Morgan fingerprint density at radius 1 is 0.630 bits per heavy atom. The third-order valence-electron chi connectivity index (χ3n) is 8.11. The lowest BCUT2D eigenvalue weighted by Gasteiger charge is -2.24. The Kier molecular flexibility index (Phi) is 5.29. The van der Waals surface area contributed by atoms with Gasteiger partial charge in [-0.05, 0) is 92.0 Å². The zero-order chi connectivity index (χ0) is 33.3. The van der Waals surface area contributed by atoms with Crippen molar-refractivity contribution in [3.8, 4) is 22.5 Å². The number of aryl methyl sites for hydroxylation is 2. The minimum Gasteiger partial charge on any atom is -0.436 e. The van der Waals surface area contributed by atoms with Crippen LogP contribution in [0.1, 0.15) is 15.5 Å². The maximum absolute atomic E-state index is 7.71. The first-order chi connectivity index (χ1) is 23.8. The summed E-state index contributed by atoms with van der Waals surface area (Å²) in [6.45, 7) is -0.369. The number of aromatic nitrogens is 4. The Hall–Kier alpha value is -5.86. The number of rotatable bonds is 5. The van der Waals surface area contributed by atoms with Crippen molar-refractivity contribution in [1.82, 2.24) is 19.9 Å². The van der Waals surface area contributed by atoms with E-state index in [1.54, 1.807) is 29.8 Å². The second-order valence-electron chi connectivity index (χ2n) is 11.1. The summed E-state index contributed by atoms with van der Waals surface area (Å²) < 4.78 is 35.0. The van der Waals surface area contributed by atoms with Gasteiger partial charge < -0.3 is 13.7 Å². The molecular formula is C38H25N5O2S. The Labute approximate surface area is 271 Å². The van der Waals surface area contributed by atoms with E-state index in [1.807, 2.05) is 49.4 Å². The summed E-state index contributed by atoms with van der Waals surface area (Å²) in [7, 11) is 0. The topological polar surface area (TPSA) is 81.1 Å². The van der Waals surface area contributed by atoms with Crippen LogP contribution < -0.4 is 4.90 Å². The molecule has 9 aromatic rings. The van der Waals surface area contributed by atoms with E-state index in [9.17, 15) is 0 Å². The van der Waals surface area contributed by atoms with Gasteiger partial charge in [0.25, 0.3) is 0 Å². The van der Waals surface area contributed by atoms with Gasteiger partial charge in [0.15, 0.2) is 11.2 Å². The van der Waals surface area contributed by atoms with Crippen LogP contribution >= 0.6 is 11.3 Å². The predicted octanol–water partition coefficient (Wildman–Crippen LogP) is 10.5. The summed E-state index contributed by atoms with van der Waals surface area (Å²) in [5, 5.41) is 6.62. The molecule has 0 atom stereocenters. The summed E-state index contributed by atoms with van der Waals surface area (Å²) >= 11 is 1.65. The van der Waals surface area contributed by atoms with Gasteiger partial charge in [0, 0.05) is 59.5 Å². The molecule has 7 heterocycles. The van der Waals surface area contributed by atoms with E-state index in [0.717, 1.165) is 66.1 Å². The lowest BCUT2D eigenvalue weighted by molar-refractivity contribution is 0.650. The van der Waals surface area contributed by atoms with Crippen LogP contribution in [0.4, 0.5) is 16.4 Å². The van der Waals surface area contributed by atoms with Gasteiger partial charge in [0.2, 0.25) is 11.4 Å². The van der Waals surface area contributed by atoms with Gasteiger partial charge >= 0.3 is 0 Å². The van der Waals surface area contributed by atoms with Gasteiger partial charge in [-0.3, -0.25) is 9.97 Å². The third-order valence-corrected chi connectivity index (χ3v) is 8.97. The van der Waals surface area contributed by atoms with E-state index in [-0.39, 0.29) is 11.4 Å². The van der Waals surface area contributed by atoms with E-state index in [2.05, 4.69) is 62.7 Å². The maximum atomic E-state index is 7.71. The normalized spacial score (nSPS) is 12.9. The number of hydrogen-bond donors (Lipinski definition) is 0.